The van der Waals surface area contributed by atoms with E-state index in [1.165, 1.54) is 0 Å². The van der Waals surface area contributed by atoms with Crippen LogP contribution in [0.25, 0.3) is 0 Å². The first kappa shape index (κ1) is 16.1. The number of carbonyl (C=O) groups is 1. The molecule has 18 heavy (non-hydrogen) atoms. The SMILES string of the molecule is Cl.O=C(NCCN1CCNCC1)C1CCSCC1. The summed E-state index contributed by atoms with van der Waals surface area (Å²) in [4.78, 5) is 14.3. The van der Waals surface area contributed by atoms with E-state index in [4.69, 9.17) is 0 Å². The van der Waals surface area contributed by atoms with Crippen LogP contribution >= 0.6 is 24.2 Å². The van der Waals surface area contributed by atoms with Crippen molar-refractivity contribution in [1.82, 2.24) is 15.5 Å². The lowest BCUT2D eigenvalue weighted by Gasteiger charge is -2.27. The quantitative estimate of drug-likeness (QED) is 0.796. The first-order chi connectivity index (χ1) is 8.36. The minimum Gasteiger partial charge on any atom is -0.355 e. The summed E-state index contributed by atoms with van der Waals surface area (Å²) in [6, 6.07) is 0. The zero-order valence-electron chi connectivity index (χ0n) is 10.8. The zero-order valence-corrected chi connectivity index (χ0v) is 12.5. The van der Waals surface area contributed by atoms with Crippen molar-refractivity contribution >= 4 is 30.1 Å². The molecule has 0 aliphatic carbocycles. The summed E-state index contributed by atoms with van der Waals surface area (Å²) in [7, 11) is 0. The third-order valence-corrected chi connectivity index (χ3v) is 4.58. The Morgan fingerprint density at radius 3 is 2.61 bits per heavy atom. The minimum atomic E-state index is 0. The Hall–Kier alpha value is 0.0300. The maximum absolute atomic E-state index is 11.9. The van der Waals surface area contributed by atoms with Gasteiger partial charge >= 0.3 is 0 Å². The van der Waals surface area contributed by atoms with Crippen LogP contribution in [0.3, 0.4) is 0 Å². The van der Waals surface area contributed by atoms with Crippen molar-refractivity contribution in [2.45, 2.75) is 12.8 Å². The molecule has 2 rings (SSSR count). The van der Waals surface area contributed by atoms with E-state index in [2.05, 4.69) is 15.5 Å². The molecule has 2 aliphatic heterocycles. The van der Waals surface area contributed by atoms with E-state index in [1.807, 2.05) is 11.8 Å². The number of hydrogen-bond donors (Lipinski definition) is 2. The number of halogens is 1. The molecule has 6 heteroatoms. The molecule has 106 valence electrons. The summed E-state index contributed by atoms with van der Waals surface area (Å²) in [5.41, 5.74) is 0. The number of rotatable bonds is 4. The van der Waals surface area contributed by atoms with Crippen LogP contribution in [0.1, 0.15) is 12.8 Å². The Morgan fingerprint density at radius 1 is 1.28 bits per heavy atom. The van der Waals surface area contributed by atoms with Crippen molar-refractivity contribution in [3.05, 3.63) is 0 Å². The fraction of sp³-hybridized carbons (Fsp3) is 0.917. The molecular formula is C12H24ClN3OS. The Labute approximate surface area is 120 Å². The van der Waals surface area contributed by atoms with E-state index in [9.17, 15) is 4.79 Å². The number of nitrogens with zero attached hydrogens (tertiary/aromatic N) is 1. The van der Waals surface area contributed by atoms with E-state index in [1.54, 1.807) is 0 Å². The van der Waals surface area contributed by atoms with Crippen molar-refractivity contribution in [2.75, 3.05) is 50.8 Å². The highest BCUT2D eigenvalue weighted by Gasteiger charge is 2.21. The molecule has 2 aliphatic rings. The highest BCUT2D eigenvalue weighted by atomic mass is 35.5. The molecule has 0 aromatic carbocycles. The maximum Gasteiger partial charge on any atom is 0.223 e. The average Bonchev–Trinajstić information content (AvgIpc) is 2.41. The number of piperazine rings is 1. The van der Waals surface area contributed by atoms with Gasteiger partial charge in [-0.05, 0) is 24.3 Å². The first-order valence-electron chi connectivity index (χ1n) is 6.65. The molecule has 2 heterocycles. The van der Waals surface area contributed by atoms with Crippen molar-refractivity contribution in [1.29, 1.82) is 0 Å². The second-order valence-electron chi connectivity index (χ2n) is 4.77. The molecule has 2 fully saturated rings. The van der Waals surface area contributed by atoms with Gasteiger partial charge in [-0.3, -0.25) is 9.69 Å². The third kappa shape index (κ3) is 5.34. The standard InChI is InChI=1S/C12H23N3OS.ClH/c16-12(11-1-9-17-10-2-11)14-5-8-15-6-3-13-4-7-15;/h11,13H,1-10H2,(H,14,16);1H. The van der Waals surface area contributed by atoms with E-state index < -0.39 is 0 Å². The molecule has 2 N–H and O–H groups in total. The van der Waals surface area contributed by atoms with Crippen LogP contribution in [0.5, 0.6) is 0 Å². The maximum atomic E-state index is 11.9. The van der Waals surface area contributed by atoms with Crippen LogP contribution in [0.15, 0.2) is 0 Å². The van der Waals surface area contributed by atoms with Gasteiger partial charge in [-0.25, -0.2) is 0 Å². The van der Waals surface area contributed by atoms with Gasteiger partial charge in [-0.15, -0.1) is 12.4 Å². The summed E-state index contributed by atoms with van der Waals surface area (Å²) < 4.78 is 0. The monoisotopic (exact) mass is 293 g/mol. The smallest absolute Gasteiger partial charge is 0.223 e. The van der Waals surface area contributed by atoms with Crippen molar-refractivity contribution < 1.29 is 4.79 Å². The lowest BCUT2D eigenvalue weighted by Crippen LogP contribution is -2.46. The Balaban J connectivity index is 0.00000162. The zero-order chi connectivity index (χ0) is 11.9. The van der Waals surface area contributed by atoms with E-state index in [0.717, 1.165) is 63.6 Å². The van der Waals surface area contributed by atoms with Gasteiger partial charge in [0.1, 0.15) is 0 Å². The topological polar surface area (TPSA) is 44.4 Å². The molecule has 0 aromatic heterocycles. The normalized spacial score (nSPS) is 22.2. The fourth-order valence-corrected chi connectivity index (χ4v) is 3.48. The lowest BCUT2D eigenvalue weighted by atomic mass is 10.0. The van der Waals surface area contributed by atoms with Crippen LogP contribution in [-0.2, 0) is 4.79 Å². The third-order valence-electron chi connectivity index (χ3n) is 3.53. The van der Waals surface area contributed by atoms with Gasteiger partial charge in [0, 0.05) is 45.2 Å². The lowest BCUT2D eigenvalue weighted by molar-refractivity contribution is -0.125. The molecule has 0 radical (unpaired) electrons. The minimum absolute atomic E-state index is 0. The Bertz CT molecular complexity index is 243. The molecule has 0 aromatic rings. The highest BCUT2D eigenvalue weighted by molar-refractivity contribution is 7.99. The predicted molar refractivity (Wildman–Crippen MR) is 79.6 cm³/mol. The van der Waals surface area contributed by atoms with Gasteiger partial charge in [0.25, 0.3) is 0 Å². The molecule has 0 saturated carbocycles. The van der Waals surface area contributed by atoms with Crippen LogP contribution in [0.2, 0.25) is 0 Å². The van der Waals surface area contributed by atoms with E-state index in [0.29, 0.717) is 0 Å². The summed E-state index contributed by atoms with van der Waals surface area (Å²) >= 11 is 1.97. The highest BCUT2D eigenvalue weighted by Crippen LogP contribution is 2.22. The van der Waals surface area contributed by atoms with Gasteiger partial charge in [0.2, 0.25) is 5.91 Å². The van der Waals surface area contributed by atoms with Crippen LogP contribution < -0.4 is 10.6 Å². The number of amides is 1. The predicted octanol–water partition coefficient (Wildman–Crippen LogP) is 0.573. The number of hydrogen-bond acceptors (Lipinski definition) is 4. The van der Waals surface area contributed by atoms with Gasteiger partial charge < -0.3 is 10.6 Å². The average molecular weight is 294 g/mol. The summed E-state index contributed by atoms with van der Waals surface area (Å²) in [5.74, 6) is 2.85. The van der Waals surface area contributed by atoms with E-state index >= 15 is 0 Å². The van der Waals surface area contributed by atoms with Crippen molar-refractivity contribution in [2.24, 2.45) is 5.92 Å². The second-order valence-corrected chi connectivity index (χ2v) is 5.99. The van der Waals surface area contributed by atoms with E-state index in [-0.39, 0.29) is 24.2 Å². The Morgan fingerprint density at radius 2 is 1.94 bits per heavy atom. The molecular weight excluding hydrogens is 270 g/mol. The number of carbonyl (C=O) groups excluding carboxylic acids is 1. The molecule has 0 spiro atoms. The van der Waals surface area contributed by atoms with Crippen LogP contribution in [0, 0.1) is 5.92 Å². The van der Waals surface area contributed by atoms with Gasteiger partial charge in [-0.1, -0.05) is 0 Å². The number of thioether (sulfide) groups is 1. The first-order valence-corrected chi connectivity index (χ1v) is 7.80. The molecule has 0 atom stereocenters. The summed E-state index contributed by atoms with van der Waals surface area (Å²) in [6.07, 6.45) is 2.12. The fourth-order valence-electron chi connectivity index (χ4n) is 2.38. The van der Waals surface area contributed by atoms with Crippen LogP contribution in [-0.4, -0.2) is 61.6 Å². The molecule has 0 unspecified atom stereocenters. The van der Waals surface area contributed by atoms with Crippen molar-refractivity contribution in [3.63, 3.8) is 0 Å². The van der Waals surface area contributed by atoms with Gasteiger partial charge in [0.05, 0.1) is 0 Å². The van der Waals surface area contributed by atoms with Crippen LogP contribution in [0.4, 0.5) is 0 Å². The van der Waals surface area contributed by atoms with Crippen molar-refractivity contribution in [3.8, 4) is 0 Å². The number of nitrogens with one attached hydrogen (secondary N) is 2. The largest absolute Gasteiger partial charge is 0.355 e. The molecule has 1 amide bonds. The van der Waals surface area contributed by atoms with Gasteiger partial charge in [-0.2, -0.15) is 11.8 Å². The Kier molecular flexibility index (Phi) is 8.06. The van der Waals surface area contributed by atoms with Gasteiger partial charge in [0.15, 0.2) is 0 Å². The summed E-state index contributed by atoms with van der Waals surface area (Å²) in [5, 5.41) is 6.42. The molecule has 2 saturated heterocycles. The molecule has 0 bridgehead atoms. The second kappa shape index (κ2) is 9.02. The summed E-state index contributed by atoms with van der Waals surface area (Å²) in [6.45, 7) is 6.17. The molecule has 4 nitrogen and oxygen atoms in total.